The lowest BCUT2D eigenvalue weighted by Gasteiger charge is -2.06. The number of hydrogen-bond donors (Lipinski definition) is 1. The van der Waals surface area contributed by atoms with E-state index in [1.54, 1.807) is 35.8 Å². The fraction of sp³-hybridized carbons (Fsp3) is 0. The molecule has 7 heteroatoms. The lowest BCUT2D eigenvalue weighted by Crippen LogP contribution is -2.24. The van der Waals surface area contributed by atoms with Crippen LogP contribution in [0.15, 0.2) is 58.8 Å². The molecule has 0 saturated heterocycles. The van der Waals surface area contributed by atoms with Crippen LogP contribution in [0, 0.1) is 0 Å². The number of aromatic nitrogens is 3. The van der Waals surface area contributed by atoms with Crippen LogP contribution in [0.4, 0.5) is 5.13 Å². The maximum Gasteiger partial charge on any atom is 0.277 e. The molecule has 3 rings (SSSR count). The number of carbonyl (C=O) groups excluding carboxylic acids is 1. The summed E-state index contributed by atoms with van der Waals surface area (Å²) in [4.78, 5) is 27.9. The third kappa shape index (κ3) is 2.87. The molecule has 0 unspecified atom stereocenters. The van der Waals surface area contributed by atoms with Crippen LogP contribution < -0.4 is 10.9 Å². The molecule has 0 radical (unpaired) electrons. The number of para-hydroxylation sites is 1. The topological polar surface area (TPSA) is 76.9 Å². The minimum atomic E-state index is -0.408. The minimum absolute atomic E-state index is 0.147. The maximum atomic E-state index is 12.1. The Morgan fingerprint density at radius 3 is 2.67 bits per heavy atom. The number of carbonyl (C=O) groups is 1. The molecule has 3 aromatic rings. The summed E-state index contributed by atoms with van der Waals surface area (Å²) in [5.74, 6) is -0.408. The molecule has 2 heterocycles. The molecule has 0 bridgehead atoms. The van der Waals surface area contributed by atoms with Crippen molar-refractivity contribution >= 4 is 22.4 Å². The Bertz CT molecular complexity index is 813. The number of rotatable bonds is 3. The second-order valence-electron chi connectivity index (χ2n) is 4.10. The molecule has 0 aliphatic carbocycles. The van der Waals surface area contributed by atoms with Gasteiger partial charge in [-0.05, 0) is 18.2 Å². The van der Waals surface area contributed by atoms with Gasteiger partial charge in [-0.1, -0.05) is 18.2 Å². The first-order valence-corrected chi connectivity index (χ1v) is 6.99. The van der Waals surface area contributed by atoms with Gasteiger partial charge in [0.2, 0.25) is 0 Å². The average Bonchev–Trinajstić information content (AvgIpc) is 3.01. The van der Waals surface area contributed by atoms with Gasteiger partial charge in [0.05, 0.1) is 5.69 Å². The second-order valence-corrected chi connectivity index (χ2v) is 4.99. The summed E-state index contributed by atoms with van der Waals surface area (Å²) in [6.07, 6.45) is 1.60. The number of nitrogens with zero attached hydrogens (tertiary/aromatic N) is 3. The van der Waals surface area contributed by atoms with Crippen molar-refractivity contribution < 1.29 is 4.79 Å². The van der Waals surface area contributed by atoms with Crippen molar-refractivity contribution in [1.29, 1.82) is 0 Å². The van der Waals surface area contributed by atoms with Crippen molar-refractivity contribution in [2.24, 2.45) is 0 Å². The molecule has 0 aliphatic heterocycles. The zero-order valence-electron chi connectivity index (χ0n) is 10.8. The van der Waals surface area contributed by atoms with Crippen LogP contribution in [-0.4, -0.2) is 20.7 Å². The van der Waals surface area contributed by atoms with Crippen molar-refractivity contribution in [3.63, 3.8) is 0 Å². The summed E-state index contributed by atoms with van der Waals surface area (Å²) < 4.78 is 1.19. The van der Waals surface area contributed by atoms with Crippen molar-refractivity contribution in [3.05, 3.63) is 70.1 Å². The monoisotopic (exact) mass is 298 g/mol. The SMILES string of the molecule is O=C(Nc1nccs1)c1ccc(=O)n(-c2ccccc2)n1. The number of anilines is 1. The molecule has 0 spiro atoms. The zero-order valence-corrected chi connectivity index (χ0v) is 11.6. The molecule has 1 aromatic carbocycles. The van der Waals surface area contributed by atoms with Crippen LogP contribution in [0.25, 0.3) is 5.69 Å². The van der Waals surface area contributed by atoms with E-state index in [1.165, 1.54) is 28.2 Å². The first kappa shape index (κ1) is 13.2. The van der Waals surface area contributed by atoms with Gasteiger partial charge in [-0.15, -0.1) is 11.3 Å². The van der Waals surface area contributed by atoms with Gasteiger partial charge in [0.25, 0.3) is 11.5 Å². The van der Waals surface area contributed by atoms with E-state index in [4.69, 9.17) is 0 Å². The largest absolute Gasteiger partial charge is 0.296 e. The van der Waals surface area contributed by atoms with Crippen molar-refractivity contribution in [2.75, 3.05) is 5.32 Å². The van der Waals surface area contributed by atoms with Gasteiger partial charge in [-0.3, -0.25) is 14.9 Å². The normalized spacial score (nSPS) is 10.3. The lowest BCUT2D eigenvalue weighted by molar-refractivity contribution is 0.102. The van der Waals surface area contributed by atoms with Gasteiger partial charge in [0.1, 0.15) is 5.69 Å². The van der Waals surface area contributed by atoms with Crippen LogP contribution in [0.2, 0.25) is 0 Å². The molecule has 0 fully saturated rings. The van der Waals surface area contributed by atoms with E-state index in [2.05, 4.69) is 15.4 Å². The summed E-state index contributed by atoms with van der Waals surface area (Å²) in [7, 11) is 0. The molecule has 6 nitrogen and oxygen atoms in total. The van der Waals surface area contributed by atoms with Crippen molar-refractivity contribution in [2.45, 2.75) is 0 Å². The Labute approximate surface area is 123 Å². The highest BCUT2D eigenvalue weighted by atomic mass is 32.1. The average molecular weight is 298 g/mol. The molecule has 104 valence electrons. The first-order chi connectivity index (χ1) is 10.2. The molecular formula is C14H10N4O2S. The number of hydrogen-bond acceptors (Lipinski definition) is 5. The predicted octanol–water partition coefficient (Wildman–Crippen LogP) is 1.94. The van der Waals surface area contributed by atoms with Gasteiger partial charge in [-0.2, -0.15) is 9.78 Å². The quantitative estimate of drug-likeness (QED) is 0.801. The molecule has 1 amide bonds. The third-order valence-electron chi connectivity index (χ3n) is 2.69. The highest BCUT2D eigenvalue weighted by Crippen LogP contribution is 2.11. The Morgan fingerprint density at radius 1 is 1.14 bits per heavy atom. The molecule has 0 saturated carbocycles. The van der Waals surface area contributed by atoms with Gasteiger partial charge >= 0.3 is 0 Å². The van der Waals surface area contributed by atoms with Gasteiger partial charge in [0, 0.05) is 17.6 Å². The highest BCUT2D eigenvalue weighted by molar-refractivity contribution is 7.13. The smallest absolute Gasteiger partial charge is 0.277 e. The molecule has 0 aliphatic rings. The number of thiazole rings is 1. The standard InChI is InChI=1S/C14H10N4O2S/c19-12-7-6-11(13(20)16-14-15-8-9-21-14)17-18(12)10-4-2-1-3-5-10/h1-9H,(H,15,16,20). The van der Waals surface area contributed by atoms with Crippen LogP contribution in [0.3, 0.4) is 0 Å². The second kappa shape index (κ2) is 5.68. The van der Waals surface area contributed by atoms with Crippen molar-refractivity contribution in [3.8, 4) is 5.69 Å². The van der Waals surface area contributed by atoms with Crippen LogP contribution in [-0.2, 0) is 0 Å². The molecule has 2 aromatic heterocycles. The Hall–Kier alpha value is -2.80. The van der Waals surface area contributed by atoms with Gasteiger partial charge in [-0.25, -0.2) is 4.98 Å². The van der Waals surface area contributed by atoms with Crippen LogP contribution in [0.1, 0.15) is 10.5 Å². The van der Waals surface area contributed by atoms with E-state index >= 15 is 0 Å². The summed E-state index contributed by atoms with van der Waals surface area (Å²) in [6, 6.07) is 11.6. The van der Waals surface area contributed by atoms with Gasteiger partial charge in [0.15, 0.2) is 5.13 Å². The first-order valence-electron chi connectivity index (χ1n) is 6.11. The molecular weight excluding hydrogens is 288 g/mol. The Kier molecular flexibility index (Phi) is 3.57. The van der Waals surface area contributed by atoms with E-state index < -0.39 is 5.91 Å². The van der Waals surface area contributed by atoms with E-state index in [9.17, 15) is 9.59 Å². The Morgan fingerprint density at radius 2 is 1.95 bits per heavy atom. The van der Waals surface area contributed by atoms with Crippen molar-refractivity contribution in [1.82, 2.24) is 14.8 Å². The predicted molar refractivity (Wildman–Crippen MR) is 79.9 cm³/mol. The van der Waals surface area contributed by atoms with Gasteiger partial charge < -0.3 is 0 Å². The lowest BCUT2D eigenvalue weighted by atomic mass is 10.3. The summed E-state index contributed by atoms with van der Waals surface area (Å²) in [5.41, 5.74) is 0.451. The molecule has 21 heavy (non-hydrogen) atoms. The fourth-order valence-corrected chi connectivity index (χ4v) is 2.26. The molecule has 1 N–H and O–H groups in total. The summed E-state index contributed by atoms with van der Waals surface area (Å²) in [6.45, 7) is 0. The summed E-state index contributed by atoms with van der Waals surface area (Å²) >= 11 is 1.31. The highest BCUT2D eigenvalue weighted by Gasteiger charge is 2.11. The molecule has 0 atom stereocenters. The third-order valence-corrected chi connectivity index (χ3v) is 3.37. The Balaban J connectivity index is 1.94. The maximum absolute atomic E-state index is 12.1. The summed E-state index contributed by atoms with van der Waals surface area (Å²) in [5, 5.41) is 8.96. The van der Waals surface area contributed by atoms with E-state index in [0.29, 0.717) is 10.8 Å². The van der Waals surface area contributed by atoms with Crippen LogP contribution in [0.5, 0.6) is 0 Å². The minimum Gasteiger partial charge on any atom is -0.296 e. The number of amides is 1. The van der Waals surface area contributed by atoms with E-state index in [-0.39, 0.29) is 11.3 Å². The van der Waals surface area contributed by atoms with E-state index in [1.807, 2.05) is 6.07 Å². The van der Waals surface area contributed by atoms with E-state index in [0.717, 1.165) is 0 Å². The zero-order chi connectivity index (χ0) is 14.7. The number of nitrogens with one attached hydrogen (secondary N) is 1. The van der Waals surface area contributed by atoms with Crippen LogP contribution >= 0.6 is 11.3 Å². The fourth-order valence-electron chi connectivity index (χ4n) is 1.73. The number of benzene rings is 1.